The van der Waals surface area contributed by atoms with Gasteiger partial charge in [-0.1, -0.05) is 26.0 Å². The molecule has 1 aliphatic heterocycles. The van der Waals surface area contributed by atoms with Gasteiger partial charge in [-0.2, -0.15) is 44.2 Å². The third-order valence-corrected chi connectivity index (χ3v) is 7.14. The molecule has 0 spiro atoms. The normalized spacial score (nSPS) is 16.2. The van der Waals surface area contributed by atoms with Gasteiger partial charge < -0.3 is 35.4 Å². The van der Waals surface area contributed by atoms with Crippen LogP contribution in [0.1, 0.15) is 59.9 Å². The van der Waals surface area contributed by atoms with Crippen LogP contribution in [0.4, 0.5) is 26.7 Å². The van der Waals surface area contributed by atoms with Gasteiger partial charge in [-0.15, -0.1) is 0 Å². The van der Waals surface area contributed by atoms with Crippen molar-refractivity contribution in [1.29, 1.82) is 0 Å². The third-order valence-electron chi connectivity index (χ3n) is 6.77. The molecule has 1 saturated heterocycles. The van der Waals surface area contributed by atoms with Gasteiger partial charge in [0.1, 0.15) is 36.1 Å². The molecular formula is C31H45F5N4O9S. The standard InChI is InChI=1S/C22H35F5N4O6.C8H10OS.CO2/c1-11(2)14(15(32)22(26,27)18(35)28-10-21(23,24)25)30-16(33)13-8-7-9-31(13)17(34)12(3)29-19(36)37-20(4,5)6;1-9-8-4-2-7(6-10)3-5-8;2-1-3/h11-15,32H,7-10H2,1-6H3,(H,28,35)(H,29,36)(H,30,33);2-5,10H,6H2,1H3;/t12-,13?,14?,15?;;/m0../s1. The number of ether oxygens (including phenoxy) is 2. The molecule has 3 unspecified atom stereocenters. The van der Waals surface area contributed by atoms with Gasteiger partial charge in [-0.05, 0) is 64.2 Å². The van der Waals surface area contributed by atoms with Gasteiger partial charge in [0, 0.05) is 12.3 Å². The summed E-state index contributed by atoms with van der Waals surface area (Å²) in [5.41, 5.74) is 0.394. The molecule has 1 aromatic rings. The van der Waals surface area contributed by atoms with E-state index >= 15 is 0 Å². The smallest absolute Gasteiger partial charge is 0.408 e. The van der Waals surface area contributed by atoms with Crippen molar-refractivity contribution in [2.45, 2.75) is 102 Å². The predicted octanol–water partition coefficient (Wildman–Crippen LogP) is 3.25. The number of alkyl halides is 5. The van der Waals surface area contributed by atoms with Gasteiger partial charge in [0.15, 0.2) is 0 Å². The maximum absolute atomic E-state index is 14.5. The van der Waals surface area contributed by atoms with Crippen LogP contribution in [0.25, 0.3) is 0 Å². The van der Waals surface area contributed by atoms with Crippen molar-refractivity contribution in [3.63, 3.8) is 0 Å². The molecule has 284 valence electrons. The van der Waals surface area contributed by atoms with E-state index in [1.165, 1.54) is 26.3 Å². The summed E-state index contributed by atoms with van der Waals surface area (Å²) in [4.78, 5) is 66.9. The lowest BCUT2D eigenvalue weighted by atomic mass is 9.93. The zero-order valence-corrected chi connectivity index (χ0v) is 29.6. The highest BCUT2D eigenvalue weighted by atomic mass is 32.1. The van der Waals surface area contributed by atoms with Gasteiger partial charge in [0.25, 0.3) is 5.91 Å². The zero-order valence-electron chi connectivity index (χ0n) is 28.7. The highest BCUT2D eigenvalue weighted by Gasteiger charge is 2.52. The minimum absolute atomic E-state index is 0.127. The number of amides is 4. The van der Waals surface area contributed by atoms with Crippen molar-refractivity contribution < 1.29 is 65.3 Å². The summed E-state index contributed by atoms with van der Waals surface area (Å²) in [6.45, 7) is 7.06. The van der Waals surface area contributed by atoms with E-state index in [4.69, 9.17) is 19.1 Å². The average molecular weight is 745 g/mol. The summed E-state index contributed by atoms with van der Waals surface area (Å²) >= 11 is 4.13. The van der Waals surface area contributed by atoms with Gasteiger partial charge in [0.05, 0.1) is 13.2 Å². The van der Waals surface area contributed by atoms with Crippen LogP contribution in [0.2, 0.25) is 0 Å². The number of halogens is 5. The van der Waals surface area contributed by atoms with Crippen molar-refractivity contribution >= 4 is 42.6 Å². The van der Waals surface area contributed by atoms with Gasteiger partial charge in [-0.3, -0.25) is 14.4 Å². The molecule has 4 amide bonds. The van der Waals surface area contributed by atoms with E-state index < -0.39 is 78.2 Å². The van der Waals surface area contributed by atoms with E-state index in [2.05, 4.69) is 23.3 Å². The molecule has 2 rings (SSSR count). The fraction of sp³-hybridized carbons (Fsp3) is 0.645. The Labute approximate surface area is 292 Å². The largest absolute Gasteiger partial charge is 0.497 e. The number of hydrogen-bond donors (Lipinski definition) is 5. The number of carbonyl (C=O) groups excluding carboxylic acids is 6. The number of aliphatic hydroxyl groups excluding tert-OH is 1. The van der Waals surface area contributed by atoms with Gasteiger partial charge in [-0.25, -0.2) is 4.79 Å². The molecule has 0 saturated carbocycles. The number of likely N-dealkylation sites (tertiary alicyclic amines) is 1. The highest BCUT2D eigenvalue weighted by Crippen LogP contribution is 2.27. The molecule has 19 heteroatoms. The minimum atomic E-state index is -4.95. The number of alkyl carbamates (subject to hydrolysis) is 1. The van der Waals surface area contributed by atoms with Crippen LogP contribution in [0.15, 0.2) is 24.3 Å². The first-order valence-electron chi connectivity index (χ1n) is 15.2. The quantitative estimate of drug-likeness (QED) is 0.168. The number of carbonyl (C=O) groups is 4. The Morgan fingerprint density at radius 1 is 1.02 bits per heavy atom. The molecule has 13 nitrogen and oxygen atoms in total. The maximum Gasteiger partial charge on any atom is 0.408 e. The second-order valence-corrected chi connectivity index (χ2v) is 12.6. The lowest BCUT2D eigenvalue weighted by Gasteiger charge is -2.34. The Morgan fingerprint density at radius 2 is 1.56 bits per heavy atom. The molecule has 1 heterocycles. The van der Waals surface area contributed by atoms with Crippen LogP contribution < -0.4 is 20.7 Å². The predicted molar refractivity (Wildman–Crippen MR) is 171 cm³/mol. The highest BCUT2D eigenvalue weighted by molar-refractivity contribution is 7.79. The topological polar surface area (TPSA) is 180 Å². The summed E-state index contributed by atoms with van der Waals surface area (Å²) in [6, 6.07) is 3.93. The van der Waals surface area contributed by atoms with Crippen LogP contribution in [0, 0.1) is 5.92 Å². The van der Waals surface area contributed by atoms with E-state index in [1.807, 2.05) is 24.3 Å². The first-order valence-corrected chi connectivity index (χ1v) is 15.8. The van der Waals surface area contributed by atoms with Crippen molar-refractivity contribution in [2.75, 3.05) is 20.2 Å². The average Bonchev–Trinajstić information content (AvgIpc) is 3.51. The number of rotatable bonds is 11. The van der Waals surface area contributed by atoms with E-state index in [0.29, 0.717) is 6.42 Å². The molecular weight excluding hydrogens is 699 g/mol. The van der Waals surface area contributed by atoms with Crippen LogP contribution in [0.5, 0.6) is 5.75 Å². The summed E-state index contributed by atoms with van der Waals surface area (Å²) < 4.78 is 75.9. The summed E-state index contributed by atoms with van der Waals surface area (Å²) in [6.07, 6.45) is -7.88. The molecule has 0 aliphatic carbocycles. The van der Waals surface area contributed by atoms with Crippen LogP contribution in [-0.4, -0.2) is 102 Å². The molecule has 50 heavy (non-hydrogen) atoms. The van der Waals surface area contributed by atoms with Crippen molar-refractivity contribution in [2.24, 2.45) is 5.92 Å². The first kappa shape index (κ1) is 46.0. The monoisotopic (exact) mass is 744 g/mol. The number of hydrogen-bond acceptors (Lipinski definition) is 10. The molecule has 1 aliphatic rings. The Morgan fingerprint density at radius 3 is 2.00 bits per heavy atom. The number of nitrogens with zero attached hydrogens (tertiary/aromatic N) is 1. The molecule has 1 aromatic carbocycles. The number of thiol groups is 1. The fourth-order valence-corrected chi connectivity index (χ4v) is 4.57. The Bertz CT molecular complexity index is 1270. The van der Waals surface area contributed by atoms with Crippen LogP contribution >= 0.6 is 12.6 Å². The minimum Gasteiger partial charge on any atom is -0.497 e. The van der Waals surface area contributed by atoms with E-state index in [1.54, 1.807) is 27.9 Å². The molecule has 0 bridgehead atoms. The first-order chi connectivity index (χ1) is 22.9. The second kappa shape index (κ2) is 20.7. The van der Waals surface area contributed by atoms with Gasteiger partial charge in [0.2, 0.25) is 11.8 Å². The SMILES string of the molecule is CC(C)C(NC(=O)C1CCCN1C(=O)[C@H](C)NC(=O)OC(C)(C)C)C(O)C(F)(F)C(=O)NCC(F)(F)F.COc1ccc(CS)cc1.O=C=O. The van der Waals surface area contributed by atoms with E-state index in [9.17, 15) is 46.2 Å². The lowest BCUT2D eigenvalue weighted by Crippen LogP contribution is -2.61. The number of methoxy groups -OCH3 is 1. The fourth-order valence-electron chi connectivity index (χ4n) is 4.36. The number of nitrogens with one attached hydrogen (secondary N) is 3. The lowest BCUT2D eigenvalue weighted by molar-refractivity contribution is -0.191. The Hall–Kier alpha value is -3.96. The molecule has 4 atom stereocenters. The summed E-state index contributed by atoms with van der Waals surface area (Å²) in [5, 5.41) is 15.8. The maximum atomic E-state index is 14.5. The van der Waals surface area contributed by atoms with E-state index in [0.717, 1.165) is 21.7 Å². The number of benzene rings is 1. The molecule has 0 radical (unpaired) electrons. The third kappa shape index (κ3) is 16.2. The van der Waals surface area contributed by atoms with Crippen molar-refractivity contribution in [3.05, 3.63) is 29.8 Å². The van der Waals surface area contributed by atoms with Crippen molar-refractivity contribution in [1.82, 2.24) is 20.9 Å². The Kier molecular flexibility index (Phi) is 19.0. The van der Waals surface area contributed by atoms with Crippen LogP contribution in [0.3, 0.4) is 0 Å². The van der Waals surface area contributed by atoms with E-state index in [-0.39, 0.29) is 19.1 Å². The Balaban J connectivity index is 0.00000154. The molecule has 0 aromatic heterocycles. The van der Waals surface area contributed by atoms with Crippen molar-refractivity contribution in [3.8, 4) is 5.75 Å². The second-order valence-electron chi connectivity index (χ2n) is 12.3. The van der Waals surface area contributed by atoms with Crippen LogP contribution in [-0.2, 0) is 34.5 Å². The number of aliphatic hydroxyl groups is 1. The summed E-state index contributed by atoms with van der Waals surface area (Å²) in [5.74, 6) is -7.75. The zero-order chi connectivity index (χ0) is 39.0. The molecule has 4 N–H and O–H groups in total. The summed E-state index contributed by atoms with van der Waals surface area (Å²) in [7, 11) is 1.66. The molecule has 1 fully saturated rings. The van der Waals surface area contributed by atoms with Gasteiger partial charge >= 0.3 is 24.3 Å².